The lowest BCUT2D eigenvalue weighted by molar-refractivity contribution is -0.261. The summed E-state index contributed by atoms with van der Waals surface area (Å²) in [6, 6.07) is 3.36. The van der Waals surface area contributed by atoms with Crippen molar-refractivity contribution < 1.29 is 54.2 Å². The Labute approximate surface area is 212 Å². The average Bonchev–Trinajstić information content (AvgIpc) is 2.73. The van der Waals surface area contributed by atoms with Crippen molar-refractivity contribution in [3.8, 4) is 0 Å². The van der Waals surface area contributed by atoms with Crippen LogP contribution in [0.3, 0.4) is 0 Å². The van der Waals surface area contributed by atoms with Gasteiger partial charge in [0, 0.05) is 12.2 Å². The SMILES string of the molecule is Cc1cc(NC[C@](O)(c2cc(C(F)(F)F)cc(C(F)(F)F)c2)C(F)(F)F)ccc1CNC(=O)OC(C)(C)C. The molecule has 0 spiro atoms. The molecule has 14 heteroatoms. The van der Waals surface area contributed by atoms with E-state index in [4.69, 9.17) is 4.74 Å². The maximum Gasteiger partial charge on any atom is 0.423 e. The highest BCUT2D eigenvalue weighted by molar-refractivity contribution is 5.67. The van der Waals surface area contributed by atoms with Gasteiger partial charge in [0.1, 0.15) is 5.60 Å². The number of hydrogen-bond donors (Lipinski definition) is 3. The molecular weight excluding hydrogens is 535 g/mol. The van der Waals surface area contributed by atoms with E-state index in [0.29, 0.717) is 11.1 Å². The Balaban J connectivity index is 2.34. The van der Waals surface area contributed by atoms with E-state index in [1.54, 1.807) is 27.7 Å². The van der Waals surface area contributed by atoms with E-state index < -0.39 is 59.1 Å². The molecule has 0 heterocycles. The molecule has 2 aromatic rings. The van der Waals surface area contributed by atoms with Crippen molar-refractivity contribution in [2.75, 3.05) is 11.9 Å². The summed E-state index contributed by atoms with van der Waals surface area (Å²) in [6.07, 6.45) is -17.2. The maximum absolute atomic E-state index is 13.9. The van der Waals surface area contributed by atoms with Gasteiger partial charge in [0.25, 0.3) is 0 Å². The number of anilines is 1. The Bertz CT molecular complexity index is 1120. The van der Waals surface area contributed by atoms with Gasteiger partial charge in [0.2, 0.25) is 5.60 Å². The van der Waals surface area contributed by atoms with Gasteiger partial charge in [-0.25, -0.2) is 4.79 Å². The molecule has 1 atom stereocenters. The van der Waals surface area contributed by atoms with Crippen LogP contribution in [0.2, 0.25) is 0 Å². The first-order valence-electron chi connectivity index (χ1n) is 10.9. The zero-order valence-corrected chi connectivity index (χ0v) is 20.5. The highest BCUT2D eigenvalue weighted by Crippen LogP contribution is 2.44. The normalized spacial score (nSPS) is 14.6. The molecule has 3 N–H and O–H groups in total. The Kier molecular flexibility index (Phi) is 8.62. The van der Waals surface area contributed by atoms with Gasteiger partial charge < -0.3 is 20.5 Å². The topological polar surface area (TPSA) is 70.6 Å². The van der Waals surface area contributed by atoms with Crippen LogP contribution in [0.5, 0.6) is 0 Å². The minimum absolute atomic E-state index is 0.00201. The molecule has 0 aromatic heterocycles. The lowest BCUT2D eigenvalue weighted by Crippen LogP contribution is -2.48. The van der Waals surface area contributed by atoms with Gasteiger partial charge in [-0.15, -0.1) is 0 Å². The molecule has 0 bridgehead atoms. The number of carbonyl (C=O) groups is 1. The number of rotatable bonds is 6. The van der Waals surface area contributed by atoms with Crippen molar-refractivity contribution in [3.05, 3.63) is 64.2 Å². The summed E-state index contributed by atoms with van der Waals surface area (Å²) in [5.74, 6) is 0. The molecule has 2 aromatic carbocycles. The van der Waals surface area contributed by atoms with Crippen molar-refractivity contribution in [2.24, 2.45) is 0 Å². The van der Waals surface area contributed by atoms with Crippen LogP contribution in [0.1, 0.15) is 48.6 Å². The number of hydrogen-bond acceptors (Lipinski definition) is 4. The summed E-state index contributed by atoms with van der Waals surface area (Å²) < 4.78 is 126. The first-order valence-corrected chi connectivity index (χ1v) is 10.9. The third-order valence-corrected chi connectivity index (χ3v) is 5.25. The fourth-order valence-corrected chi connectivity index (χ4v) is 3.28. The highest BCUT2D eigenvalue weighted by Gasteiger charge is 2.56. The molecule has 0 saturated carbocycles. The van der Waals surface area contributed by atoms with Crippen LogP contribution in [-0.4, -0.2) is 29.5 Å². The van der Waals surface area contributed by atoms with Crippen LogP contribution in [0, 0.1) is 6.92 Å². The number of ether oxygens (including phenoxy) is 1. The molecule has 212 valence electrons. The molecule has 0 fully saturated rings. The van der Waals surface area contributed by atoms with Gasteiger partial charge in [-0.05, 0) is 74.7 Å². The Morgan fingerprint density at radius 3 is 1.76 bits per heavy atom. The molecule has 0 aliphatic carbocycles. The first kappa shape index (κ1) is 31.1. The summed E-state index contributed by atoms with van der Waals surface area (Å²) in [5, 5.41) is 15.2. The molecule has 1 amide bonds. The fourth-order valence-electron chi connectivity index (χ4n) is 3.28. The average molecular weight is 560 g/mol. The molecule has 2 rings (SSSR count). The van der Waals surface area contributed by atoms with E-state index in [1.807, 2.05) is 0 Å². The molecule has 0 aliphatic heterocycles. The van der Waals surface area contributed by atoms with Crippen LogP contribution in [0.15, 0.2) is 36.4 Å². The summed E-state index contributed by atoms with van der Waals surface area (Å²) in [7, 11) is 0. The van der Waals surface area contributed by atoms with Crippen LogP contribution in [-0.2, 0) is 29.2 Å². The minimum Gasteiger partial charge on any atom is -0.444 e. The standard InChI is InChI=1S/C24H25F9N2O3/c1-13-7-18(6-5-14(13)11-34-19(36)38-20(2,3)4)35-12-21(37,24(31,32)33)15-8-16(22(25,26)27)10-17(9-15)23(28,29)30/h5-10,35,37H,11-12H2,1-4H3,(H,34,36)/t21-/m0/s1. The second-order valence-corrected chi connectivity index (χ2v) is 9.50. The van der Waals surface area contributed by atoms with Crippen LogP contribution < -0.4 is 10.6 Å². The van der Waals surface area contributed by atoms with Crippen molar-refractivity contribution in [3.63, 3.8) is 0 Å². The lowest BCUT2D eigenvalue weighted by Gasteiger charge is -2.32. The van der Waals surface area contributed by atoms with E-state index in [2.05, 4.69) is 10.6 Å². The van der Waals surface area contributed by atoms with Gasteiger partial charge in [-0.1, -0.05) is 6.07 Å². The fraction of sp³-hybridized carbons (Fsp3) is 0.458. The zero-order chi connectivity index (χ0) is 29.3. The van der Waals surface area contributed by atoms with Crippen molar-refractivity contribution >= 4 is 11.8 Å². The first-order chi connectivity index (χ1) is 17.0. The third kappa shape index (κ3) is 7.92. The summed E-state index contributed by atoms with van der Waals surface area (Å²) in [4.78, 5) is 11.8. The second-order valence-electron chi connectivity index (χ2n) is 9.50. The predicted octanol–water partition coefficient (Wildman–Crippen LogP) is 6.92. The molecule has 0 saturated heterocycles. The molecule has 5 nitrogen and oxygen atoms in total. The number of aryl methyl sites for hydroxylation is 1. The quantitative estimate of drug-likeness (QED) is 0.336. The van der Waals surface area contributed by atoms with E-state index >= 15 is 0 Å². The smallest absolute Gasteiger partial charge is 0.423 e. The summed E-state index contributed by atoms with van der Waals surface area (Å²) >= 11 is 0. The number of benzene rings is 2. The Morgan fingerprint density at radius 1 is 0.842 bits per heavy atom. The van der Waals surface area contributed by atoms with Gasteiger partial charge in [-0.2, -0.15) is 39.5 Å². The molecule has 0 unspecified atom stereocenters. The van der Waals surface area contributed by atoms with Crippen LogP contribution in [0.25, 0.3) is 0 Å². The van der Waals surface area contributed by atoms with Gasteiger partial charge in [0.15, 0.2) is 0 Å². The van der Waals surface area contributed by atoms with E-state index in [1.165, 1.54) is 18.2 Å². The largest absolute Gasteiger partial charge is 0.444 e. The lowest BCUT2D eigenvalue weighted by atomic mass is 9.89. The zero-order valence-electron chi connectivity index (χ0n) is 20.5. The Morgan fingerprint density at radius 2 is 1.34 bits per heavy atom. The number of alkyl carbamates (subject to hydrolysis) is 1. The monoisotopic (exact) mass is 560 g/mol. The van der Waals surface area contributed by atoms with Gasteiger partial charge in [-0.3, -0.25) is 0 Å². The molecule has 38 heavy (non-hydrogen) atoms. The summed E-state index contributed by atoms with van der Waals surface area (Å²) in [6.45, 7) is 5.02. The predicted molar refractivity (Wildman–Crippen MR) is 119 cm³/mol. The molecule has 0 aliphatic rings. The van der Waals surface area contributed by atoms with Gasteiger partial charge >= 0.3 is 24.6 Å². The second kappa shape index (κ2) is 10.5. The van der Waals surface area contributed by atoms with Gasteiger partial charge in [0.05, 0.1) is 17.7 Å². The van der Waals surface area contributed by atoms with Crippen molar-refractivity contribution in [2.45, 2.75) is 64.0 Å². The van der Waals surface area contributed by atoms with E-state index in [-0.39, 0.29) is 30.4 Å². The van der Waals surface area contributed by atoms with E-state index in [9.17, 15) is 49.4 Å². The number of alkyl halides is 9. The highest BCUT2D eigenvalue weighted by atomic mass is 19.4. The minimum atomic E-state index is -5.65. The van der Waals surface area contributed by atoms with Crippen LogP contribution >= 0.6 is 0 Å². The third-order valence-electron chi connectivity index (χ3n) is 5.25. The number of aliphatic hydroxyl groups is 1. The number of nitrogens with one attached hydrogen (secondary N) is 2. The van der Waals surface area contributed by atoms with E-state index in [0.717, 1.165) is 0 Å². The van der Waals surface area contributed by atoms with Crippen LogP contribution in [0.4, 0.5) is 50.0 Å². The number of halogens is 9. The van der Waals surface area contributed by atoms with Crippen molar-refractivity contribution in [1.82, 2.24) is 5.32 Å². The Hall–Kier alpha value is -3.16. The molecule has 0 radical (unpaired) electrons. The number of carbonyl (C=O) groups excluding carboxylic acids is 1. The summed E-state index contributed by atoms with van der Waals surface area (Å²) in [5.41, 5.74) is -9.49. The number of amides is 1. The maximum atomic E-state index is 13.9. The molecular formula is C24H25F9N2O3. The van der Waals surface area contributed by atoms with Crippen molar-refractivity contribution in [1.29, 1.82) is 0 Å².